The summed E-state index contributed by atoms with van der Waals surface area (Å²) in [6.45, 7) is -0.243. The van der Waals surface area contributed by atoms with Gasteiger partial charge in [-0.1, -0.05) is 30.4 Å². The van der Waals surface area contributed by atoms with Crippen LogP contribution in [0.25, 0.3) is 10.9 Å². The molecular weight excluding hydrogens is 287 g/mol. The van der Waals surface area contributed by atoms with Gasteiger partial charge in [0.15, 0.2) is 0 Å². The fraction of sp³-hybridized carbons (Fsp3) is 0.231. The first-order chi connectivity index (χ1) is 9.38. The number of thiocarbonyl (C=S) groups is 1. The second-order valence-corrected chi connectivity index (χ2v) is 4.66. The molecule has 0 aliphatic carbocycles. The molecule has 0 bridgehead atoms. The number of fused-ring (bicyclic) bond motifs is 1. The van der Waals surface area contributed by atoms with Crippen molar-refractivity contribution in [2.24, 2.45) is 5.73 Å². The smallest absolute Gasteiger partial charge is 0.389 e. The van der Waals surface area contributed by atoms with Crippen molar-refractivity contribution in [3.05, 3.63) is 36.0 Å². The largest absolute Gasteiger partial charge is 0.390 e. The third-order valence-electron chi connectivity index (χ3n) is 2.75. The van der Waals surface area contributed by atoms with Crippen molar-refractivity contribution in [2.45, 2.75) is 12.6 Å². The Morgan fingerprint density at radius 3 is 2.65 bits per heavy atom. The summed E-state index contributed by atoms with van der Waals surface area (Å²) in [4.78, 5) is 4.29. The number of hydrogen-bond acceptors (Lipinski definition) is 3. The molecule has 3 nitrogen and oxygen atoms in total. The Kier molecular flexibility index (Phi) is 4.08. The molecule has 0 saturated heterocycles. The van der Waals surface area contributed by atoms with Crippen molar-refractivity contribution in [2.75, 3.05) is 11.9 Å². The Labute approximate surface area is 119 Å². The van der Waals surface area contributed by atoms with Crippen molar-refractivity contribution >= 4 is 33.8 Å². The predicted molar refractivity (Wildman–Crippen MR) is 76.8 cm³/mol. The average molecular weight is 299 g/mol. The van der Waals surface area contributed by atoms with E-state index in [1.165, 1.54) is 6.20 Å². The molecule has 0 amide bonds. The minimum atomic E-state index is -4.21. The molecule has 2 aromatic rings. The zero-order valence-electron chi connectivity index (χ0n) is 10.4. The van der Waals surface area contributed by atoms with Crippen LogP contribution < -0.4 is 11.1 Å². The van der Waals surface area contributed by atoms with Crippen molar-refractivity contribution in [3.8, 4) is 0 Å². The number of rotatable bonds is 4. The van der Waals surface area contributed by atoms with E-state index < -0.39 is 12.6 Å². The Bertz CT molecular complexity index is 640. The van der Waals surface area contributed by atoms with Crippen molar-refractivity contribution < 1.29 is 13.2 Å². The van der Waals surface area contributed by atoms with E-state index in [9.17, 15) is 13.2 Å². The van der Waals surface area contributed by atoms with Gasteiger partial charge in [-0.15, -0.1) is 0 Å². The minimum Gasteiger partial charge on any atom is -0.389 e. The molecule has 1 aromatic heterocycles. The molecule has 7 heteroatoms. The summed E-state index contributed by atoms with van der Waals surface area (Å²) < 4.78 is 36.7. The number of nitrogens with one attached hydrogen (secondary N) is 1. The molecule has 0 atom stereocenters. The van der Waals surface area contributed by atoms with Crippen LogP contribution in [0.1, 0.15) is 12.0 Å². The zero-order valence-corrected chi connectivity index (χ0v) is 11.2. The van der Waals surface area contributed by atoms with Crippen LogP contribution in [0.5, 0.6) is 0 Å². The third kappa shape index (κ3) is 3.36. The van der Waals surface area contributed by atoms with Crippen LogP contribution in [0.15, 0.2) is 30.5 Å². The maximum Gasteiger partial charge on any atom is 0.390 e. The number of benzene rings is 1. The molecule has 0 radical (unpaired) electrons. The van der Waals surface area contributed by atoms with E-state index in [1.54, 1.807) is 24.3 Å². The van der Waals surface area contributed by atoms with Crippen LogP contribution in [-0.4, -0.2) is 22.7 Å². The molecule has 20 heavy (non-hydrogen) atoms. The summed E-state index contributed by atoms with van der Waals surface area (Å²) in [5.41, 5.74) is 7.20. The Balaban J connectivity index is 2.37. The van der Waals surface area contributed by atoms with Gasteiger partial charge in [0, 0.05) is 18.1 Å². The average Bonchev–Trinajstić information content (AvgIpc) is 2.37. The number of nitrogens with zero attached hydrogens (tertiary/aromatic N) is 1. The van der Waals surface area contributed by atoms with Crippen molar-refractivity contribution in [3.63, 3.8) is 0 Å². The van der Waals surface area contributed by atoms with Gasteiger partial charge in [-0.3, -0.25) is 4.98 Å². The van der Waals surface area contributed by atoms with E-state index in [0.29, 0.717) is 22.2 Å². The molecule has 0 unspecified atom stereocenters. The maximum atomic E-state index is 12.2. The van der Waals surface area contributed by atoms with Crippen molar-refractivity contribution in [1.29, 1.82) is 0 Å². The van der Waals surface area contributed by atoms with Crippen LogP contribution in [0, 0.1) is 0 Å². The molecule has 0 saturated carbocycles. The summed E-state index contributed by atoms with van der Waals surface area (Å²) in [5, 5.41) is 3.46. The Morgan fingerprint density at radius 2 is 2.00 bits per heavy atom. The number of pyridine rings is 1. The molecule has 3 N–H and O–H groups in total. The first-order valence-corrected chi connectivity index (χ1v) is 6.27. The molecule has 1 aromatic carbocycles. The minimum absolute atomic E-state index is 0.0951. The highest BCUT2D eigenvalue weighted by Crippen LogP contribution is 2.27. The Hall–Kier alpha value is -1.89. The molecule has 0 aliphatic heterocycles. The second-order valence-electron chi connectivity index (χ2n) is 4.22. The second kappa shape index (κ2) is 5.62. The van der Waals surface area contributed by atoms with Gasteiger partial charge in [-0.25, -0.2) is 0 Å². The fourth-order valence-electron chi connectivity index (χ4n) is 1.85. The fourth-order valence-corrected chi connectivity index (χ4v) is 2.00. The topological polar surface area (TPSA) is 50.9 Å². The van der Waals surface area contributed by atoms with Gasteiger partial charge in [0.1, 0.15) is 4.99 Å². The lowest BCUT2D eigenvalue weighted by Crippen LogP contribution is -2.18. The standard InChI is InChI=1S/C13H12F3N3S/c14-13(15,16)5-6-18-11-8-3-1-2-4-10(8)19-7-9(11)12(17)20/h1-4,7H,5-6H2,(H2,17,20)(H,18,19). The molecule has 1 heterocycles. The van der Waals surface area contributed by atoms with Crippen molar-refractivity contribution in [1.82, 2.24) is 4.98 Å². The first-order valence-electron chi connectivity index (χ1n) is 5.86. The number of aromatic nitrogens is 1. The first kappa shape index (κ1) is 14.5. The summed E-state index contributed by atoms with van der Waals surface area (Å²) in [6, 6.07) is 7.12. The van der Waals surface area contributed by atoms with Gasteiger partial charge >= 0.3 is 6.18 Å². The lowest BCUT2D eigenvalue weighted by atomic mass is 10.1. The number of halogens is 3. The lowest BCUT2D eigenvalue weighted by Gasteiger charge is -2.14. The number of para-hydroxylation sites is 1. The van der Waals surface area contributed by atoms with Gasteiger partial charge in [0.2, 0.25) is 0 Å². The number of anilines is 1. The van der Waals surface area contributed by atoms with Crippen LogP contribution in [0.3, 0.4) is 0 Å². The number of hydrogen-bond donors (Lipinski definition) is 2. The van der Waals surface area contributed by atoms with E-state index in [2.05, 4.69) is 10.3 Å². The van der Waals surface area contributed by atoms with Gasteiger partial charge in [0.05, 0.1) is 23.2 Å². The third-order valence-corrected chi connectivity index (χ3v) is 2.97. The molecule has 0 aliphatic rings. The van der Waals surface area contributed by atoms with Gasteiger partial charge in [-0.2, -0.15) is 13.2 Å². The highest BCUT2D eigenvalue weighted by molar-refractivity contribution is 7.80. The normalized spacial score (nSPS) is 11.6. The van der Waals surface area contributed by atoms with E-state index in [4.69, 9.17) is 18.0 Å². The van der Waals surface area contributed by atoms with E-state index >= 15 is 0 Å². The summed E-state index contributed by atoms with van der Waals surface area (Å²) in [7, 11) is 0. The summed E-state index contributed by atoms with van der Waals surface area (Å²) >= 11 is 4.91. The van der Waals surface area contributed by atoms with Crippen LogP contribution in [0.2, 0.25) is 0 Å². The van der Waals surface area contributed by atoms with Crippen LogP contribution >= 0.6 is 12.2 Å². The predicted octanol–water partition coefficient (Wildman–Crippen LogP) is 3.23. The SMILES string of the molecule is NC(=S)c1cnc2ccccc2c1NCCC(F)(F)F. The van der Waals surface area contributed by atoms with E-state index in [0.717, 1.165) is 0 Å². The summed E-state index contributed by atoms with van der Waals surface area (Å²) in [5.74, 6) is 0. The molecule has 0 spiro atoms. The summed E-state index contributed by atoms with van der Waals surface area (Å²) in [6.07, 6.45) is -3.67. The highest BCUT2D eigenvalue weighted by atomic mass is 32.1. The Morgan fingerprint density at radius 1 is 1.30 bits per heavy atom. The molecular formula is C13H12F3N3S. The quantitative estimate of drug-likeness (QED) is 0.851. The van der Waals surface area contributed by atoms with Gasteiger partial charge in [-0.05, 0) is 6.07 Å². The van der Waals surface area contributed by atoms with Gasteiger partial charge in [0.25, 0.3) is 0 Å². The molecule has 106 valence electrons. The molecule has 2 rings (SSSR count). The van der Waals surface area contributed by atoms with Crippen LogP contribution in [-0.2, 0) is 0 Å². The van der Waals surface area contributed by atoms with Crippen LogP contribution in [0.4, 0.5) is 18.9 Å². The molecule has 0 fully saturated rings. The lowest BCUT2D eigenvalue weighted by molar-refractivity contribution is -0.131. The monoisotopic (exact) mass is 299 g/mol. The maximum absolute atomic E-state index is 12.2. The number of nitrogens with two attached hydrogens (primary N) is 1. The highest BCUT2D eigenvalue weighted by Gasteiger charge is 2.26. The van der Waals surface area contributed by atoms with E-state index in [-0.39, 0.29) is 11.5 Å². The zero-order chi connectivity index (χ0) is 14.8. The number of alkyl halides is 3. The van der Waals surface area contributed by atoms with E-state index in [1.807, 2.05) is 0 Å². The van der Waals surface area contributed by atoms with Gasteiger partial charge < -0.3 is 11.1 Å².